The smallest absolute Gasteiger partial charge is 0.244 e. The van der Waals surface area contributed by atoms with Gasteiger partial charge in [0, 0.05) is 4.90 Å². The van der Waals surface area contributed by atoms with Crippen molar-refractivity contribution in [3.8, 4) is 29.3 Å². The molecule has 0 aliphatic heterocycles. The van der Waals surface area contributed by atoms with E-state index in [-0.39, 0.29) is 18.0 Å². The predicted molar refractivity (Wildman–Crippen MR) is 101 cm³/mol. The van der Waals surface area contributed by atoms with E-state index in [4.69, 9.17) is 11.2 Å². The van der Waals surface area contributed by atoms with Crippen LogP contribution in [0, 0.1) is 23.5 Å². The van der Waals surface area contributed by atoms with Gasteiger partial charge in [0.15, 0.2) is 0 Å². The number of methoxy groups -OCH3 is 1. The Morgan fingerprint density at radius 1 is 1.08 bits per heavy atom. The molecule has 0 unspecified atom stereocenters. The third kappa shape index (κ3) is 5.30. The maximum absolute atomic E-state index is 12.7. The highest BCUT2D eigenvalue weighted by molar-refractivity contribution is 8.04. The molecular weight excluding hydrogens is 354 g/mol. The Morgan fingerprint density at radius 2 is 1.76 bits per heavy atom. The molecule has 0 radical (unpaired) electrons. The van der Waals surface area contributed by atoms with Gasteiger partial charge in [-0.15, -0.1) is 6.42 Å². The molecule has 0 bridgehead atoms. The second-order valence-electron chi connectivity index (χ2n) is 4.85. The molecule has 25 heavy (non-hydrogen) atoms. The van der Waals surface area contributed by atoms with E-state index in [0.717, 1.165) is 4.90 Å². The first kappa shape index (κ1) is 19.0. The van der Waals surface area contributed by atoms with Gasteiger partial charge in [-0.25, -0.2) is 8.42 Å². The van der Waals surface area contributed by atoms with Crippen molar-refractivity contribution in [1.29, 1.82) is 0 Å². The van der Waals surface area contributed by atoms with Crippen LogP contribution in [0.5, 0.6) is 5.75 Å². The van der Waals surface area contributed by atoms with Crippen molar-refractivity contribution in [3.63, 3.8) is 0 Å². The van der Waals surface area contributed by atoms with Gasteiger partial charge < -0.3 is 4.74 Å². The Bertz CT molecular complexity index is 890. The number of hydrogen-bond donors (Lipinski definition) is 0. The molecule has 0 aliphatic carbocycles. The van der Waals surface area contributed by atoms with Gasteiger partial charge in [-0.3, -0.25) is 0 Å². The van der Waals surface area contributed by atoms with E-state index < -0.39 is 10.0 Å². The van der Waals surface area contributed by atoms with Crippen LogP contribution in [0.25, 0.3) is 0 Å². The average Bonchev–Trinajstić information content (AvgIpc) is 2.65. The molecule has 0 fully saturated rings. The van der Waals surface area contributed by atoms with E-state index in [0.29, 0.717) is 5.75 Å². The molecular formula is C19H17NO3S2. The van der Waals surface area contributed by atoms with Crippen molar-refractivity contribution >= 4 is 21.8 Å². The standard InChI is InChI=1S/C19H17NO3S2/c1-3-14-20(15-7-16-24-18-8-5-4-6-9-18)25(21,22)19-12-10-17(23-2)11-13-19/h1,4-6,8-13H,14-15H2,2H3. The van der Waals surface area contributed by atoms with E-state index >= 15 is 0 Å². The molecule has 2 aromatic rings. The number of thioether (sulfide) groups is 1. The molecule has 0 saturated carbocycles. The maximum Gasteiger partial charge on any atom is 0.244 e. The van der Waals surface area contributed by atoms with Crippen LogP contribution in [-0.4, -0.2) is 32.9 Å². The Labute approximate surface area is 153 Å². The van der Waals surface area contributed by atoms with Crippen LogP contribution in [0.1, 0.15) is 0 Å². The lowest BCUT2D eigenvalue weighted by Crippen LogP contribution is -2.31. The fourth-order valence-corrected chi connectivity index (χ4v) is 3.73. The van der Waals surface area contributed by atoms with E-state index in [1.807, 2.05) is 30.3 Å². The lowest BCUT2D eigenvalue weighted by molar-refractivity contribution is 0.414. The van der Waals surface area contributed by atoms with Gasteiger partial charge in [-0.1, -0.05) is 30.0 Å². The van der Waals surface area contributed by atoms with Gasteiger partial charge in [-0.2, -0.15) is 4.31 Å². The summed E-state index contributed by atoms with van der Waals surface area (Å²) in [5.74, 6) is 5.81. The van der Waals surface area contributed by atoms with Gasteiger partial charge in [0.25, 0.3) is 0 Å². The highest BCUT2D eigenvalue weighted by Crippen LogP contribution is 2.19. The molecule has 0 atom stereocenters. The second-order valence-corrected chi connectivity index (χ2v) is 7.66. The molecule has 128 valence electrons. The number of rotatable bonds is 6. The monoisotopic (exact) mass is 371 g/mol. The summed E-state index contributed by atoms with van der Waals surface area (Å²) in [5.41, 5.74) is 0. The van der Waals surface area contributed by atoms with E-state index in [1.165, 1.54) is 35.3 Å². The first-order chi connectivity index (χ1) is 12.1. The zero-order chi connectivity index (χ0) is 18.1. The molecule has 0 aliphatic rings. The van der Waals surface area contributed by atoms with Gasteiger partial charge in [0.05, 0.1) is 25.1 Å². The van der Waals surface area contributed by atoms with Crippen LogP contribution >= 0.6 is 11.8 Å². The average molecular weight is 371 g/mol. The van der Waals surface area contributed by atoms with Crippen LogP contribution < -0.4 is 4.74 Å². The number of nitrogens with zero attached hydrogens (tertiary/aromatic N) is 1. The highest BCUT2D eigenvalue weighted by atomic mass is 32.2. The van der Waals surface area contributed by atoms with Crippen molar-refractivity contribution in [2.75, 3.05) is 20.2 Å². The van der Waals surface area contributed by atoms with Gasteiger partial charge >= 0.3 is 0 Å². The third-order valence-corrected chi connectivity index (χ3v) is 5.76. The van der Waals surface area contributed by atoms with Crippen LogP contribution in [0.15, 0.2) is 64.4 Å². The fourth-order valence-electron chi connectivity index (χ4n) is 1.93. The fraction of sp³-hybridized carbons (Fsp3) is 0.158. The summed E-state index contributed by atoms with van der Waals surface area (Å²) in [6.07, 6.45) is 5.32. The summed E-state index contributed by atoms with van der Waals surface area (Å²) in [4.78, 5) is 1.15. The third-order valence-electron chi connectivity index (χ3n) is 3.20. The van der Waals surface area contributed by atoms with Crippen LogP contribution in [0.3, 0.4) is 0 Å². The molecule has 0 aromatic heterocycles. The minimum atomic E-state index is -3.71. The van der Waals surface area contributed by atoms with Crippen molar-refractivity contribution < 1.29 is 13.2 Å². The molecule has 0 saturated heterocycles. The molecule has 4 nitrogen and oxygen atoms in total. The summed E-state index contributed by atoms with van der Waals surface area (Å²) in [7, 11) is -2.19. The van der Waals surface area contributed by atoms with Crippen molar-refractivity contribution in [3.05, 3.63) is 54.6 Å². The summed E-state index contributed by atoms with van der Waals surface area (Å²) < 4.78 is 31.6. The number of hydrogen-bond acceptors (Lipinski definition) is 4. The van der Waals surface area contributed by atoms with E-state index in [1.54, 1.807) is 12.1 Å². The van der Waals surface area contributed by atoms with Crippen molar-refractivity contribution in [2.24, 2.45) is 0 Å². The number of benzene rings is 2. The minimum absolute atomic E-state index is 0.0262. The topological polar surface area (TPSA) is 46.6 Å². The van der Waals surface area contributed by atoms with Gasteiger partial charge in [0.2, 0.25) is 10.0 Å². The molecule has 6 heteroatoms. The van der Waals surface area contributed by atoms with Gasteiger partial charge in [-0.05, 0) is 53.4 Å². The Morgan fingerprint density at radius 3 is 2.36 bits per heavy atom. The Hall–Kier alpha value is -2.38. The quantitative estimate of drug-likeness (QED) is 0.578. The Kier molecular flexibility index (Phi) is 6.97. The summed E-state index contributed by atoms with van der Waals surface area (Å²) in [5, 5.41) is 2.90. The zero-order valence-electron chi connectivity index (χ0n) is 13.7. The Balaban J connectivity index is 2.12. The molecule has 0 spiro atoms. The second kappa shape index (κ2) is 9.19. The van der Waals surface area contributed by atoms with E-state index in [9.17, 15) is 8.42 Å². The SMILES string of the molecule is C#CCN(CC#CSc1ccccc1)S(=O)(=O)c1ccc(OC)cc1. The lowest BCUT2D eigenvalue weighted by Gasteiger charge is -2.17. The molecule has 2 rings (SSSR count). The molecule has 0 amide bonds. The maximum atomic E-state index is 12.7. The zero-order valence-corrected chi connectivity index (χ0v) is 15.3. The summed E-state index contributed by atoms with van der Waals surface area (Å²) in [6.45, 7) is -0.0164. The lowest BCUT2D eigenvalue weighted by atomic mass is 10.3. The molecule has 0 heterocycles. The minimum Gasteiger partial charge on any atom is -0.497 e. The largest absolute Gasteiger partial charge is 0.497 e. The number of sulfonamides is 1. The summed E-state index contributed by atoms with van der Waals surface area (Å²) >= 11 is 1.34. The van der Waals surface area contributed by atoms with Crippen molar-refractivity contribution in [1.82, 2.24) is 4.31 Å². The highest BCUT2D eigenvalue weighted by Gasteiger charge is 2.22. The molecule has 2 aromatic carbocycles. The number of terminal acetylenes is 1. The normalized spacial score (nSPS) is 10.6. The van der Waals surface area contributed by atoms with Gasteiger partial charge in [0.1, 0.15) is 5.75 Å². The first-order valence-corrected chi connectivity index (χ1v) is 9.61. The predicted octanol–water partition coefficient (Wildman–Crippen LogP) is 3.07. The first-order valence-electron chi connectivity index (χ1n) is 7.35. The van der Waals surface area contributed by atoms with Crippen LogP contribution in [0.4, 0.5) is 0 Å². The van der Waals surface area contributed by atoms with E-state index in [2.05, 4.69) is 17.1 Å². The van der Waals surface area contributed by atoms with Crippen LogP contribution in [0.2, 0.25) is 0 Å². The number of ether oxygens (including phenoxy) is 1. The van der Waals surface area contributed by atoms with Crippen molar-refractivity contribution in [2.45, 2.75) is 9.79 Å². The molecule has 0 N–H and O–H groups in total. The summed E-state index contributed by atoms with van der Waals surface area (Å²) in [6, 6.07) is 15.8. The van der Waals surface area contributed by atoms with Crippen LogP contribution in [-0.2, 0) is 10.0 Å².